The van der Waals surface area contributed by atoms with Gasteiger partial charge in [-0.15, -0.1) is 0 Å². The molecule has 0 aliphatic heterocycles. The number of hydrogen-bond donors (Lipinski definition) is 1. The smallest absolute Gasteiger partial charge is 0.132 e. The van der Waals surface area contributed by atoms with Crippen LogP contribution >= 0.6 is 0 Å². The molecule has 0 aliphatic carbocycles. The molecule has 2 aromatic rings. The minimum absolute atomic E-state index is 0.213. The van der Waals surface area contributed by atoms with Crippen molar-refractivity contribution in [2.45, 2.75) is 13.0 Å². The van der Waals surface area contributed by atoms with Crippen molar-refractivity contribution in [2.24, 2.45) is 0 Å². The zero-order valence-electron chi connectivity index (χ0n) is 9.65. The van der Waals surface area contributed by atoms with Gasteiger partial charge in [0.25, 0.3) is 0 Å². The Morgan fingerprint density at radius 1 is 1.18 bits per heavy atom. The van der Waals surface area contributed by atoms with E-state index < -0.39 is 0 Å². The van der Waals surface area contributed by atoms with Gasteiger partial charge in [-0.2, -0.15) is 0 Å². The molecular formula is C13H14FN3. The number of halogens is 1. The minimum Gasteiger partial charge on any atom is -0.316 e. The van der Waals surface area contributed by atoms with Crippen molar-refractivity contribution in [3.05, 3.63) is 59.4 Å². The number of rotatable bonds is 4. The summed E-state index contributed by atoms with van der Waals surface area (Å²) >= 11 is 0. The summed E-state index contributed by atoms with van der Waals surface area (Å²) in [5, 5.41) is 3.02. The van der Waals surface area contributed by atoms with Crippen molar-refractivity contribution in [3.8, 4) is 0 Å². The Balaban J connectivity index is 2.11. The Morgan fingerprint density at radius 2 is 1.88 bits per heavy atom. The van der Waals surface area contributed by atoms with Gasteiger partial charge in [0.15, 0.2) is 0 Å². The quantitative estimate of drug-likeness (QED) is 0.873. The molecule has 88 valence electrons. The highest BCUT2D eigenvalue weighted by molar-refractivity contribution is 5.21. The van der Waals surface area contributed by atoms with Crippen LogP contribution in [0.25, 0.3) is 0 Å². The second-order valence-electron chi connectivity index (χ2n) is 3.81. The standard InChI is InChI=1S/C13H14FN3/c1-15-7-10-8-16-13(17-9-10)6-11-4-2-3-5-12(11)14/h2-5,8-9,15H,6-7H2,1H3. The van der Waals surface area contributed by atoms with E-state index in [0.717, 1.165) is 12.1 Å². The molecule has 0 radical (unpaired) electrons. The molecule has 0 fully saturated rings. The summed E-state index contributed by atoms with van der Waals surface area (Å²) in [4.78, 5) is 8.43. The lowest BCUT2D eigenvalue weighted by molar-refractivity contribution is 0.612. The molecule has 4 heteroatoms. The van der Waals surface area contributed by atoms with Crippen LogP contribution < -0.4 is 5.32 Å². The number of nitrogens with zero attached hydrogens (tertiary/aromatic N) is 2. The van der Waals surface area contributed by atoms with Gasteiger partial charge in [-0.3, -0.25) is 0 Å². The van der Waals surface area contributed by atoms with Crippen LogP contribution in [-0.4, -0.2) is 17.0 Å². The van der Waals surface area contributed by atoms with Gasteiger partial charge in [-0.05, 0) is 18.7 Å². The Bertz CT molecular complexity index is 482. The Labute approximate surface area is 99.7 Å². The molecule has 0 amide bonds. The third-order valence-corrected chi connectivity index (χ3v) is 2.45. The van der Waals surface area contributed by atoms with Crippen molar-refractivity contribution in [3.63, 3.8) is 0 Å². The summed E-state index contributed by atoms with van der Waals surface area (Å²) in [5.74, 6) is 0.422. The molecule has 1 heterocycles. The predicted octanol–water partition coefficient (Wildman–Crippen LogP) is 1.93. The predicted molar refractivity (Wildman–Crippen MR) is 64.0 cm³/mol. The van der Waals surface area contributed by atoms with Crippen LogP contribution in [0.4, 0.5) is 4.39 Å². The van der Waals surface area contributed by atoms with Crippen LogP contribution in [0.3, 0.4) is 0 Å². The lowest BCUT2D eigenvalue weighted by Crippen LogP contribution is -2.07. The Hall–Kier alpha value is -1.81. The van der Waals surface area contributed by atoms with E-state index in [1.807, 2.05) is 13.1 Å². The third-order valence-electron chi connectivity index (χ3n) is 2.45. The van der Waals surface area contributed by atoms with Crippen LogP contribution in [0.5, 0.6) is 0 Å². The van der Waals surface area contributed by atoms with Crippen molar-refractivity contribution >= 4 is 0 Å². The van der Waals surface area contributed by atoms with Crippen LogP contribution in [0.1, 0.15) is 17.0 Å². The average Bonchev–Trinajstić information content (AvgIpc) is 2.35. The zero-order chi connectivity index (χ0) is 12.1. The summed E-state index contributed by atoms with van der Waals surface area (Å²) in [5.41, 5.74) is 1.64. The molecule has 0 aliphatic rings. The fraction of sp³-hybridized carbons (Fsp3) is 0.231. The number of nitrogens with one attached hydrogen (secondary N) is 1. The van der Waals surface area contributed by atoms with E-state index in [1.165, 1.54) is 6.07 Å². The van der Waals surface area contributed by atoms with Gasteiger partial charge in [0.05, 0.1) is 0 Å². The highest BCUT2D eigenvalue weighted by Gasteiger charge is 2.04. The summed E-state index contributed by atoms with van der Waals surface area (Å²) in [6.07, 6.45) is 3.95. The van der Waals surface area contributed by atoms with E-state index in [1.54, 1.807) is 24.5 Å². The molecule has 17 heavy (non-hydrogen) atoms. The fourth-order valence-corrected chi connectivity index (χ4v) is 1.58. The van der Waals surface area contributed by atoms with Gasteiger partial charge in [-0.25, -0.2) is 14.4 Å². The fourth-order valence-electron chi connectivity index (χ4n) is 1.58. The first-order chi connectivity index (χ1) is 8.29. The average molecular weight is 231 g/mol. The molecule has 0 saturated heterocycles. The summed E-state index contributed by atoms with van der Waals surface area (Å²) < 4.78 is 13.4. The van der Waals surface area contributed by atoms with Gasteiger partial charge in [0, 0.05) is 30.9 Å². The van der Waals surface area contributed by atoms with Gasteiger partial charge < -0.3 is 5.32 Å². The van der Waals surface area contributed by atoms with Crippen molar-refractivity contribution in [1.82, 2.24) is 15.3 Å². The monoisotopic (exact) mass is 231 g/mol. The Kier molecular flexibility index (Phi) is 3.77. The summed E-state index contributed by atoms with van der Waals surface area (Å²) in [6.45, 7) is 0.736. The zero-order valence-corrected chi connectivity index (χ0v) is 9.65. The van der Waals surface area contributed by atoms with E-state index in [-0.39, 0.29) is 5.82 Å². The molecule has 0 bridgehead atoms. The van der Waals surface area contributed by atoms with E-state index in [0.29, 0.717) is 17.8 Å². The Morgan fingerprint density at radius 3 is 2.53 bits per heavy atom. The van der Waals surface area contributed by atoms with E-state index >= 15 is 0 Å². The van der Waals surface area contributed by atoms with Gasteiger partial charge in [0.2, 0.25) is 0 Å². The third kappa shape index (κ3) is 3.07. The van der Waals surface area contributed by atoms with Gasteiger partial charge in [-0.1, -0.05) is 18.2 Å². The summed E-state index contributed by atoms with van der Waals surface area (Å²) in [6, 6.07) is 6.69. The second kappa shape index (κ2) is 5.50. The molecule has 0 spiro atoms. The first-order valence-corrected chi connectivity index (χ1v) is 5.47. The molecule has 1 aromatic heterocycles. The molecule has 3 nitrogen and oxygen atoms in total. The lowest BCUT2D eigenvalue weighted by atomic mass is 10.1. The van der Waals surface area contributed by atoms with Crippen LogP contribution in [0.15, 0.2) is 36.7 Å². The first kappa shape index (κ1) is 11.7. The molecule has 1 aromatic carbocycles. The minimum atomic E-state index is -0.213. The van der Waals surface area contributed by atoms with Crippen molar-refractivity contribution in [2.75, 3.05) is 7.05 Å². The maximum Gasteiger partial charge on any atom is 0.132 e. The SMILES string of the molecule is CNCc1cnc(Cc2ccccc2F)nc1. The largest absolute Gasteiger partial charge is 0.316 e. The van der Waals surface area contributed by atoms with Crippen molar-refractivity contribution in [1.29, 1.82) is 0 Å². The maximum absolute atomic E-state index is 13.4. The number of benzene rings is 1. The topological polar surface area (TPSA) is 37.8 Å². The highest BCUT2D eigenvalue weighted by Crippen LogP contribution is 2.10. The van der Waals surface area contributed by atoms with Crippen molar-refractivity contribution < 1.29 is 4.39 Å². The van der Waals surface area contributed by atoms with E-state index in [9.17, 15) is 4.39 Å². The number of hydrogen-bond acceptors (Lipinski definition) is 3. The summed E-state index contributed by atoms with van der Waals surface area (Å²) in [7, 11) is 1.87. The van der Waals surface area contributed by atoms with E-state index in [4.69, 9.17) is 0 Å². The first-order valence-electron chi connectivity index (χ1n) is 5.47. The molecule has 1 N–H and O–H groups in total. The molecule has 0 atom stereocenters. The maximum atomic E-state index is 13.4. The van der Waals surface area contributed by atoms with E-state index in [2.05, 4.69) is 15.3 Å². The van der Waals surface area contributed by atoms with Crippen LogP contribution in [0.2, 0.25) is 0 Å². The lowest BCUT2D eigenvalue weighted by Gasteiger charge is -2.03. The van der Waals surface area contributed by atoms with Gasteiger partial charge >= 0.3 is 0 Å². The molecule has 0 unspecified atom stereocenters. The normalized spacial score (nSPS) is 10.5. The van der Waals surface area contributed by atoms with Crippen LogP contribution in [0, 0.1) is 5.82 Å². The molecular weight excluding hydrogens is 217 g/mol. The molecule has 0 saturated carbocycles. The van der Waals surface area contributed by atoms with Gasteiger partial charge in [0.1, 0.15) is 11.6 Å². The molecule has 2 rings (SSSR count). The second-order valence-corrected chi connectivity index (χ2v) is 3.81. The highest BCUT2D eigenvalue weighted by atomic mass is 19.1. The van der Waals surface area contributed by atoms with Crippen LogP contribution in [-0.2, 0) is 13.0 Å². The number of aromatic nitrogens is 2.